The van der Waals surface area contributed by atoms with Gasteiger partial charge >= 0.3 is 5.97 Å². The molecule has 0 aliphatic heterocycles. The minimum Gasteiger partial charge on any atom is -0.458 e. The normalized spacial score (nSPS) is 11.1. The first-order valence-electron chi connectivity index (χ1n) is 6.96. The van der Waals surface area contributed by atoms with Crippen molar-refractivity contribution in [3.8, 4) is 0 Å². The largest absolute Gasteiger partial charge is 0.458 e. The van der Waals surface area contributed by atoms with E-state index in [2.05, 4.69) is 0 Å². The second-order valence-corrected chi connectivity index (χ2v) is 5.34. The Morgan fingerprint density at radius 2 is 1.70 bits per heavy atom. The van der Waals surface area contributed by atoms with E-state index >= 15 is 0 Å². The van der Waals surface area contributed by atoms with Gasteiger partial charge in [0.25, 0.3) is 0 Å². The highest BCUT2D eigenvalue weighted by atomic mass is 35.5. The van der Waals surface area contributed by atoms with E-state index in [9.17, 15) is 9.59 Å². The van der Waals surface area contributed by atoms with Crippen molar-refractivity contribution in [2.75, 3.05) is 0 Å². The number of primary amides is 1. The Labute approximate surface area is 139 Å². The van der Waals surface area contributed by atoms with Crippen LogP contribution >= 0.6 is 11.6 Å². The third-order valence-corrected chi connectivity index (χ3v) is 3.62. The van der Waals surface area contributed by atoms with E-state index in [0.29, 0.717) is 21.7 Å². The number of esters is 1. The Bertz CT molecular complexity index is 768. The molecule has 2 aromatic rings. The Hall–Kier alpha value is -2.59. The maximum Gasteiger partial charge on any atom is 0.331 e. The average Bonchev–Trinajstić information content (AvgIpc) is 2.53. The first-order valence-corrected chi connectivity index (χ1v) is 7.34. The summed E-state index contributed by atoms with van der Waals surface area (Å²) in [5, 5.41) is 0.563. The van der Waals surface area contributed by atoms with E-state index in [-0.39, 0.29) is 6.61 Å². The topological polar surface area (TPSA) is 69.4 Å². The fourth-order valence-electron chi connectivity index (χ4n) is 2.11. The van der Waals surface area contributed by atoms with Crippen molar-refractivity contribution in [3.05, 3.63) is 76.3 Å². The molecule has 0 atom stereocenters. The first kappa shape index (κ1) is 16.8. The van der Waals surface area contributed by atoms with Crippen LogP contribution in [0.4, 0.5) is 0 Å². The number of halogens is 1. The van der Waals surface area contributed by atoms with Crippen LogP contribution in [0.5, 0.6) is 0 Å². The van der Waals surface area contributed by atoms with Crippen LogP contribution in [0.2, 0.25) is 5.02 Å². The molecule has 0 aromatic heterocycles. The van der Waals surface area contributed by atoms with Gasteiger partial charge in [0.15, 0.2) is 0 Å². The number of allylic oxidation sites excluding steroid dienone is 1. The standard InChI is InChI=1S/C18H16ClNO3/c1-12(14-7-4-5-9-16(14)19)10-17(21)23-11-13-6-2-3-8-15(13)18(20)22/h2-10H,11H2,1H3,(H2,20,22). The van der Waals surface area contributed by atoms with Gasteiger partial charge in [0.2, 0.25) is 5.91 Å². The third-order valence-electron chi connectivity index (χ3n) is 3.29. The van der Waals surface area contributed by atoms with Gasteiger partial charge in [-0.15, -0.1) is 0 Å². The zero-order valence-electron chi connectivity index (χ0n) is 12.6. The second-order valence-electron chi connectivity index (χ2n) is 4.94. The zero-order valence-corrected chi connectivity index (χ0v) is 13.3. The lowest BCUT2D eigenvalue weighted by atomic mass is 10.1. The summed E-state index contributed by atoms with van der Waals surface area (Å²) in [7, 11) is 0. The molecule has 0 fully saturated rings. The number of rotatable bonds is 5. The highest BCUT2D eigenvalue weighted by Gasteiger charge is 2.10. The van der Waals surface area contributed by atoms with E-state index in [1.165, 1.54) is 6.08 Å². The second kappa shape index (κ2) is 7.61. The average molecular weight is 330 g/mol. The number of carbonyl (C=O) groups is 2. The predicted octanol–water partition coefficient (Wildman–Crippen LogP) is 3.59. The Balaban J connectivity index is 2.08. The van der Waals surface area contributed by atoms with Crippen LogP contribution in [0.25, 0.3) is 5.57 Å². The summed E-state index contributed by atoms with van der Waals surface area (Å²) in [5.41, 5.74) is 7.66. The van der Waals surface area contributed by atoms with Gasteiger partial charge < -0.3 is 10.5 Å². The summed E-state index contributed by atoms with van der Waals surface area (Å²) in [5.74, 6) is -1.07. The summed E-state index contributed by atoms with van der Waals surface area (Å²) in [6.45, 7) is 1.75. The minimum atomic E-state index is -0.556. The van der Waals surface area contributed by atoms with Gasteiger partial charge in [-0.05, 0) is 30.2 Å². The molecule has 0 spiro atoms. The maximum atomic E-state index is 11.9. The molecule has 2 N–H and O–H groups in total. The summed E-state index contributed by atoms with van der Waals surface area (Å²) in [6, 6.07) is 14.0. The smallest absolute Gasteiger partial charge is 0.331 e. The molecule has 0 aliphatic carbocycles. The summed E-state index contributed by atoms with van der Waals surface area (Å²) < 4.78 is 5.18. The van der Waals surface area contributed by atoms with Crippen molar-refractivity contribution in [1.82, 2.24) is 0 Å². The molecule has 1 amide bonds. The van der Waals surface area contributed by atoms with Gasteiger partial charge in [0.05, 0.1) is 0 Å². The van der Waals surface area contributed by atoms with Gasteiger partial charge in [-0.2, -0.15) is 0 Å². The molecule has 2 rings (SSSR count). The van der Waals surface area contributed by atoms with Crippen LogP contribution in [0.1, 0.15) is 28.4 Å². The Kier molecular flexibility index (Phi) is 5.55. The predicted molar refractivity (Wildman–Crippen MR) is 89.9 cm³/mol. The molecule has 0 unspecified atom stereocenters. The molecule has 5 heteroatoms. The lowest BCUT2D eigenvalue weighted by Crippen LogP contribution is -2.14. The van der Waals surface area contributed by atoms with Crippen LogP contribution in [0.3, 0.4) is 0 Å². The molecule has 23 heavy (non-hydrogen) atoms. The Morgan fingerprint density at radius 1 is 1.09 bits per heavy atom. The van der Waals surface area contributed by atoms with Crippen LogP contribution in [0.15, 0.2) is 54.6 Å². The third kappa shape index (κ3) is 4.44. The van der Waals surface area contributed by atoms with Crippen molar-refractivity contribution < 1.29 is 14.3 Å². The number of carbonyl (C=O) groups excluding carboxylic acids is 2. The fourth-order valence-corrected chi connectivity index (χ4v) is 2.40. The van der Waals surface area contributed by atoms with Gasteiger partial charge in [-0.1, -0.05) is 48.0 Å². The van der Waals surface area contributed by atoms with Crippen LogP contribution < -0.4 is 5.73 Å². The molecule has 0 saturated heterocycles. The molecule has 0 bridgehead atoms. The van der Waals surface area contributed by atoms with Crippen molar-refractivity contribution in [3.63, 3.8) is 0 Å². The number of benzene rings is 2. The number of hydrogen-bond acceptors (Lipinski definition) is 3. The van der Waals surface area contributed by atoms with Gasteiger partial charge in [0, 0.05) is 22.2 Å². The number of hydrogen-bond donors (Lipinski definition) is 1. The van der Waals surface area contributed by atoms with E-state index in [0.717, 1.165) is 5.56 Å². The van der Waals surface area contributed by atoms with Crippen molar-refractivity contribution in [2.45, 2.75) is 13.5 Å². The van der Waals surface area contributed by atoms with Crippen LogP contribution in [0, 0.1) is 0 Å². The SMILES string of the molecule is CC(=CC(=O)OCc1ccccc1C(N)=O)c1ccccc1Cl. The van der Waals surface area contributed by atoms with Crippen LogP contribution in [-0.2, 0) is 16.1 Å². The molecule has 0 aliphatic rings. The van der Waals surface area contributed by atoms with Gasteiger partial charge in [-0.25, -0.2) is 4.79 Å². The molecular weight excluding hydrogens is 314 g/mol. The molecule has 0 heterocycles. The van der Waals surface area contributed by atoms with E-state index in [1.54, 1.807) is 37.3 Å². The summed E-state index contributed by atoms with van der Waals surface area (Å²) in [6.07, 6.45) is 1.37. The highest BCUT2D eigenvalue weighted by Crippen LogP contribution is 2.23. The minimum absolute atomic E-state index is 0.0236. The lowest BCUT2D eigenvalue weighted by Gasteiger charge is -2.08. The quantitative estimate of drug-likeness (QED) is 0.673. The Morgan fingerprint density at radius 3 is 2.35 bits per heavy atom. The number of amides is 1. The molecular formula is C18H16ClNO3. The fraction of sp³-hybridized carbons (Fsp3) is 0.111. The maximum absolute atomic E-state index is 11.9. The monoisotopic (exact) mass is 329 g/mol. The van der Waals surface area contributed by atoms with Crippen molar-refractivity contribution in [2.24, 2.45) is 5.73 Å². The number of nitrogens with two attached hydrogens (primary N) is 1. The molecule has 0 saturated carbocycles. The molecule has 118 valence electrons. The van der Waals surface area contributed by atoms with E-state index in [4.69, 9.17) is 22.1 Å². The highest BCUT2D eigenvalue weighted by molar-refractivity contribution is 6.32. The number of ether oxygens (including phenoxy) is 1. The first-order chi connectivity index (χ1) is 11.0. The molecule has 4 nitrogen and oxygen atoms in total. The molecule has 2 aromatic carbocycles. The summed E-state index contributed by atoms with van der Waals surface area (Å²) in [4.78, 5) is 23.3. The van der Waals surface area contributed by atoms with Crippen molar-refractivity contribution >= 4 is 29.1 Å². The molecule has 0 radical (unpaired) electrons. The van der Waals surface area contributed by atoms with Gasteiger partial charge in [-0.3, -0.25) is 4.79 Å². The lowest BCUT2D eigenvalue weighted by molar-refractivity contribution is -0.138. The van der Waals surface area contributed by atoms with Crippen molar-refractivity contribution in [1.29, 1.82) is 0 Å². The van der Waals surface area contributed by atoms with E-state index < -0.39 is 11.9 Å². The van der Waals surface area contributed by atoms with Gasteiger partial charge in [0.1, 0.15) is 6.61 Å². The van der Waals surface area contributed by atoms with E-state index in [1.807, 2.05) is 18.2 Å². The summed E-state index contributed by atoms with van der Waals surface area (Å²) >= 11 is 6.09. The van der Waals surface area contributed by atoms with Crippen LogP contribution in [-0.4, -0.2) is 11.9 Å². The zero-order chi connectivity index (χ0) is 16.8.